The molecule has 0 bridgehead atoms. The van der Waals surface area contributed by atoms with Crippen molar-refractivity contribution < 1.29 is 4.74 Å². The molecule has 0 aliphatic carbocycles. The first-order chi connectivity index (χ1) is 12.2. The Morgan fingerprint density at radius 1 is 1.20 bits per heavy atom. The molecule has 0 saturated carbocycles. The van der Waals surface area contributed by atoms with E-state index in [0.717, 1.165) is 56.7 Å². The van der Waals surface area contributed by atoms with Crippen LogP contribution in [-0.4, -0.2) is 47.0 Å². The van der Waals surface area contributed by atoms with Crippen LogP contribution in [0.25, 0.3) is 0 Å². The molecular formula is C18H34N6O. The van der Waals surface area contributed by atoms with Crippen molar-refractivity contribution in [3.8, 4) is 0 Å². The first-order valence-corrected chi connectivity index (χ1v) is 9.71. The van der Waals surface area contributed by atoms with Crippen LogP contribution in [0.2, 0.25) is 0 Å². The number of guanidine groups is 1. The van der Waals surface area contributed by atoms with E-state index < -0.39 is 0 Å². The molecule has 0 unspecified atom stereocenters. The monoisotopic (exact) mass is 350 g/mol. The van der Waals surface area contributed by atoms with Crippen molar-refractivity contribution >= 4 is 5.96 Å². The summed E-state index contributed by atoms with van der Waals surface area (Å²) in [5.41, 5.74) is 0. The summed E-state index contributed by atoms with van der Waals surface area (Å²) in [7, 11) is 0. The molecule has 1 aromatic rings. The zero-order valence-corrected chi connectivity index (χ0v) is 16.1. The predicted molar refractivity (Wildman–Crippen MR) is 101 cm³/mol. The number of ether oxygens (including phenoxy) is 1. The highest BCUT2D eigenvalue weighted by molar-refractivity contribution is 5.79. The smallest absolute Gasteiger partial charge is 0.191 e. The maximum atomic E-state index is 5.64. The molecule has 0 aromatic carbocycles. The lowest BCUT2D eigenvalue weighted by Gasteiger charge is -2.12. The number of aliphatic imine (C=N–C) groups is 1. The minimum atomic E-state index is 0.552. The van der Waals surface area contributed by atoms with Gasteiger partial charge in [-0.25, -0.2) is 4.99 Å². The number of nitrogens with zero attached hydrogens (tertiary/aromatic N) is 4. The molecule has 0 atom stereocenters. The highest BCUT2D eigenvalue weighted by atomic mass is 16.5. The maximum absolute atomic E-state index is 5.64. The van der Waals surface area contributed by atoms with E-state index in [9.17, 15) is 0 Å². The van der Waals surface area contributed by atoms with Crippen molar-refractivity contribution in [2.45, 2.75) is 66.0 Å². The molecule has 7 heteroatoms. The molecule has 2 rings (SSSR count). The third-order valence-electron chi connectivity index (χ3n) is 4.29. The van der Waals surface area contributed by atoms with E-state index >= 15 is 0 Å². The summed E-state index contributed by atoms with van der Waals surface area (Å²) in [4.78, 5) is 4.66. The van der Waals surface area contributed by atoms with Crippen molar-refractivity contribution in [1.29, 1.82) is 0 Å². The lowest BCUT2D eigenvalue weighted by Crippen LogP contribution is -2.39. The van der Waals surface area contributed by atoms with Crippen molar-refractivity contribution in [3.05, 3.63) is 11.6 Å². The Labute approximate surface area is 151 Å². The fourth-order valence-corrected chi connectivity index (χ4v) is 2.82. The molecule has 2 heterocycles. The number of nitrogens with one attached hydrogen (secondary N) is 2. The van der Waals surface area contributed by atoms with Gasteiger partial charge in [0.15, 0.2) is 11.8 Å². The van der Waals surface area contributed by atoms with Gasteiger partial charge in [0, 0.05) is 32.7 Å². The van der Waals surface area contributed by atoms with Crippen LogP contribution >= 0.6 is 0 Å². The highest BCUT2D eigenvalue weighted by Crippen LogP contribution is 2.14. The van der Waals surface area contributed by atoms with Gasteiger partial charge in [-0.3, -0.25) is 0 Å². The van der Waals surface area contributed by atoms with Gasteiger partial charge in [-0.2, -0.15) is 0 Å². The molecule has 1 aromatic heterocycles. The number of aromatic nitrogens is 3. The number of rotatable bonds is 9. The Morgan fingerprint density at radius 2 is 2.08 bits per heavy atom. The quantitative estimate of drug-likeness (QED) is 0.405. The molecule has 25 heavy (non-hydrogen) atoms. The van der Waals surface area contributed by atoms with Crippen LogP contribution in [0.5, 0.6) is 0 Å². The second-order valence-electron chi connectivity index (χ2n) is 6.91. The average Bonchev–Trinajstić information content (AvgIpc) is 2.82. The van der Waals surface area contributed by atoms with E-state index in [4.69, 9.17) is 4.74 Å². The molecule has 0 radical (unpaired) electrons. The van der Waals surface area contributed by atoms with Gasteiger partial charge >= 0.3 is 0 Å². The zero-order valence-electron chi connectivity index (χ0n) is 16.1. The van der Waals surface area contributed by atoms with Crippen LogP contribution in [-0.2, 0) is 24.2 Å². The fourth-order valence-electron chi connectivity index (χ4n) is 2.82. The summed E-state index contributed by atoms with van der Waals surface area (Å²) in [5.74, 6) is 3.56. The summed E-state index contributed by atoms with van der Waals surface area (Å²) >= 11 is 0. The van der Waals surface area contributed by atoms with Crippen LogP contribution in [0.1, 0.15) is 58.1 Å². The van der Waals surface area contributed by atoms with E-state index in [1.54, 1.807) is 0 Å². The zero-order chi connectivity index (χ0) is 17.9. The molecule has 0 fully saturated rings. The summed E-state index contributed by atoms with van der Waals surface area (Å²) < 4.78 is 7.89. The van der Waals surface area contributed by atoms with Crippen molar-refractivity contribution in [2.75, 3.05) is 26.3 Å². The Bertz CT molecular complexity index is 526. The van der Waals surface area contributed by atoms with E-state index in [1.807, 2.05) is 0 Å². The minimum Gasteiger partial charge on any atom is -0.380 e. The predicted octanol–water partition coefficient (Wildman–Crippen LogP) is 2.12. The molecule has 1 aliphatic heterocycles. The van der Waals surface area contributed by atoms with Gasteiger partial charge in [-0.1, -0.05) is 20.3 Å². The summed E-state index contributed by atoms with van der Waals surface area (Å²) in [6, 6.07) is 0. The van der Waals surface area contributed by atoms with Crippen LogP contribution in [0.4, 0.5) is 0 Å². The third kappa shape index (κ3) is 7.02. The molecular weight excluding hydrogens is 316 g/mol. The molecule has 0 amide bonds. The van der Waals surface area contributed by atoms with Gasteiger partial charge in [0.25, 0.3) is 0 Å². The second-order valence-corrected chi connectivity index (χ2v) is 6.91. The van der Waals surface area contributed by atoms with Crippen LogP contribution < -0.4 is 10.6 Å². The summed E-state index contributed by atoms with van der Waals surface area (Å²) in [6.45, 7) is 11.2. The third-order valence-corrected chi connectivity index (χ3v) is 4.29. The van der Waals surface area contributed by atoms with Gasteiger partial charge < -0.3 is 19.9 Å². The molecule has 142 valence electrons. The maximum Gasteiger partial charge on any atom is 0.191 e. The molecule has 0 spiro atoms. The van der Waals surface area contributed by atoms with Gasteiger partial charge in [0.05, 0.1) is 6.61 Å². The number of hydrogen-bond acceptors (Lipinski definition) is 4. The molecule has 2 N–H and O–H groups in total. The van der Waals surface area contributed by atoms with E-state index in [-0.39, 0.29) is 0 Å². The van der Waals surface area contributed by atoms with Gasteiger partial charge in [-0.05, 0) is 32.1 Å². The number of aryl methyl sites for hydroxylation is 1. The first-order valence-electron chi connectivity index (χ1n) is 9.71. The van der Waals surface area contributed by atoms with Gasteiger partial charge in [-0.15, -0.1) is 10.2 Å². The normalized spacial score (nSPS) is 15.1. The highest BCUT2D eigenvalue weighted by Gasteiger charge is 2.14. The average molecular weight is 351 g/mol. The van der Waals surface area contributed by atoms with E-state index in [1.165, 1.54) is 19.3 Å². The molecule has 0 saturated heterocycles. The number of fused-ring (bicyclic) bond motifs is 1. The Balaban J connectivity index is 1.80. The van der Waals surface area contributed by atoms with Crippen LogP contribution in [0, 0.1) is 5.92 Å². The first kappa shape index (κ1) is 19.7. The Morgan fingerprint density at radius 3 is 2.88 bits per heavy atom. The van der Waals surface area contributed by atoms with Gasteiger partial charge in [0.2, 0.25) is 0 Å². The lowest BCUT2D eigenvalue weighted by atomic mass is 10.1. The fraction of sp³-hybridized carbons (Fsp3) is 0.833. The minimum absolute atomic E-state index is 0.552. The van der Waals surface area contributed by atoms with Gasteiger partial charge in [0.1, 0.15) is 12.4 Å². The summed E-state index contributed by atoms with van der Waals surface area (Å²) in [5, 5.41) is 15.3. The topological polar surface area (TPSA) is 76.4 Å². The van der Waals surface area contributed by atoms with E-state index in [0.29, 0.717) is 19.1 Å². The number of hydrogen-bond donors (Lipinski definition) is 2. The molecule has 7 nitrogen and oxygen atoms in total. The standard InChI is InChI=1S/C18H34N6O/c1-4-19-18(20-10-13-25-12-9-15(2)3)21-14-17-23-22-16-8-6-5-7-11-24(16)17/h15H,4-14H2,1-3H3,(H2,19,20,21). The van der Waals surface area contributed by atoms with Crippen LogP contribution in [0.15, 0.2) is 4.99 Å². The molecule has 1 aliphatic rings. The largest absolute Gasteiger partial charge is 0.380 e. The van der Waals surface area contributed by atoms with Crippen molar-refractivity contribution in [2.24, 2.45) is 10.9 Å². The van der Waals surface area contributed by atoms with E-state index in [2.05, 4.69) is 51.2 Å². The van der Waals surface area contributed by atoms with Crippen molar-refractivity contribution in [1.82, 2.24) is 25.4 Å². The lowest BCUT2D eigenvalue weighted by molar-refractivity contribution is 0.128. The SMILES string of the molecule is CCNC(=NCc1nnc2n1CCCCC2)NCCOCCC(C)C. The Kier molecular flexibility index (Phi) is 8.72. The summed E-state index contributed by atoms with van der Waals surface area (Å²) in [6.07, 6.45) is 5.82. The Hall–Kier alpha value is -1.63. The van der Waals surface area contributed by atoms with Crippen LogP contribution in [0.3, 0.4) is 0 Å². The van der Waals surface area contributed by atoms with Crippen molar-refractivity contribution in [3.63, 3.8) is 0 Å². The second kappa shape index (κ2) is 11.1.